The Morgan fingerprint density at radius 3 is 2.18 bits per heavy atom. The van der Waals surface area contributed by atoms with Gasteiger partial charge >= 0.3 is 0 Å². The first-order chi connectivity index (χ1) is 5.11. The van der Waals surface area contributed by atoms with Crippen LogP contribution in [0.2, 0.25) is 0 Å². The van der Waals surface area contributed by atoms with Gasteiger partial charge in [-0.05, 0) is 25.2 Å². The van der Waals surface area contributed by atoms with Crippen LogP contribution in [0.1, 0.15) is 40.5 Å². The molecule has 2 atom stereocenters. The topological polar surface area (TPSA) is 12.4 Å². The molecule has 0 aromatic rings. The Labute approximate surface area is 70.9 Å². The highest BCUT2D eigenvalue weighted by atomic mass is 14.7. The lowest BCUT2D eigenvalue weighted by atomic mass is 9.89. The largest absolute Gasteiger partial charge is 0.298 e. The Balaban J connectivity index is 3.76. The van der Waals surface area contributed by atoms with Crippen molar-refractivity contribution in [1.29, 1.82) is 0 Å². The lowest BCUT2D eigenvalue weighted by Gasteiger charge is -2.17. The van der Waals surface area contributed by atoms with Crippen LogP contribution in [-0.4, -0.2) is 12.8 Å². The maximum atomic E-state index is 4.16. The summed E-state index contributed by atoms with van der Waals surface area (Å²) in [6.07, 6.45) is 2.43. The van der Waals surface area contributed by atoms with Crippen molar-refractivity contribution in [2.75, 3.05) is 7.05 Å². The summed E-state index contributed by atoms with van der Waals surface area (Å²) in [6.45, 7) is 8.98. The fourth-order valence-electron chi connectivity index (χ4n) is 1.16. The lowest BCUT2D eigenvalue weighted by Crippen LogP contribution is -2.10. The van der Waals surface area contributed by atoms with E-state index in [2.05, 4.69) is 32.7 Å². The second kappa shape index (κ2) is 5.34. The summed E-state index contributed by atoms with van der Waals surface area (Å²) >= 11 is 0. The van der Waals surface area contributed by atoms with Crippen molar-refractivity contribution in [2.24, 2.45) is 16.8 Å². The van der Waals surface area contributed by atoms with Crippen molar-refractivity contribution >= 4 is 5.71 Å². The van der Waals surface area contributed by atoms with Crippen molar-refractivity contribution in [3.63, 3.8) is 0 Å². The number of nitrogens with zero attached hydrogens (tertiary/aromatic N) is 1. The Kier molecular flexibility index (Phi) is 5.18. The fourth-order valence-corrected chi connectivity index (χ4v) is 1.16. The van der Waals surface area contributed by atoms with Crippen LogP contribution in [0.15, 0.2) is 4.99 Å². The fraction of sp³-hybridized carbons (Fsp3) is 0.900. The SMILES string of the molecule is CCC(C)C(C)CC(C)=NC. The van der Waals surface area contributed by atoms with Gasteiger partial charge in [0.05, 0.1) is 0 Å². The maximum Gasteiger partial charge on any atom is 0.0276 e. The maximum absolute atomic E-state index is 4.16. The predicted octanol–water partition coefficient (Wildman–Crippen LogP) is 3.15. The third kappa shape index (κ3) is 4.18. The Bertz CT molecular complexity index is 127. The van der Waals surface area contributed by atoms with E-state index in [4.69, 9.17) is 0 Å². The van der Waals surface area contributed by atoms with Crippen LogP contribution < -0.4 is 0 Å². The summed E-state index contributed by atoms with van der Waals surface area (Å²) < 4.78 is 0. The molecular weight excluding hydrogens is 134 g/mol. The van der Waals surface area contributed by atoms with Crippen LogP contribution in [0.5, 0.6) is 0 Å². The van der Waals surface area contributed by atoms with Gasteiger partial charge in [-0.2, -0.15) is 0 Å². The normalized spacial score (nSPS) is 18.1. The second-order valence-corrected chi connectivity index (χ2v) is 3.53. The predicted molar refractivity (Wildman–Crippen MR) is 52.3 cm³/mol. The first kappa shape index (κ1) is 10.7. The van der Waals surface area contributed by atoms with Crippen molar-refractivity contribution in [3.05, 3.63) is 0 Å². The van der Waals surface area contributed by atoms with Crippen molar-refractivity contribution in [1.82, 2.24) is 0 Å². The van der Waals surface area contributed by atoms with E-state index in [-0.39, 0.29) is 0 Å². The standard InChI is InChI=1S/C10H21N/c1-6-8(2)9(3)7-10(4)11-5/h8-9H,6-7H2,1-5H3. The molecule has 0 aliphatic heterocycles. The molecule has 0 amide bonds. The Morgan fingerprint density at radius 1 is 1.27 bits per heavy atom. The van der Waals surface area contributed by atoms with E-state index < -0.39 is 0 Å². The van der Waals surface area contributed by atoms with Gasteiger partial charge in [0.15, 0.2) is 0 Å². The molecule has 11 heavy (non-hydrogen) atoms. The van der Waals surface area contributed by atoms with Gasteiger partial charge in [-0.25, -0.2) is 0 Å². The van der Waals surface area contributed by atoms with Crippen LogP contribution in [0.25, 0.3) is 0 Å². The van der Waals surface area contributed by atoms with E-state index in [9.17, 15) is 0 Å². The van der Waals surface area contributed by atoms with Crippen LogP contribution in [0.4, 0.5) is 0 Å². The molecule has 0 spiro atoms. The summed E-state index contributed by atoms with van der Waals surface area (Å²) in [6, 6.07) is 0. The highest BCUT2D eigenvalue weighted by Crippen LogP contribution is 2.18. The van der Waals surface area contributed by atoms with E-state index in [0.29, 0.717) is 0 Å². The number of hydrogen-bond acceptors (Lipinski definition) is 1. The Hall–Kier alpha value is -0.330. The van der Waals surface area contributed by atoms with Gasteiger partial charge in [-0.1, -0.05) is 27.2 Å². The summed E-state index contributed by atoms with van der Waals surface area (Å²) in [5, 5.41) is 0. The van der Waals surface area contributed by atoms with Gasteiger partial charge in [0, 0.05) is 12.8 Å². The minimum absolute atomic E-state index is 0.781. The summed E-state index contributed by atoms with van der Waals surface area (Å²) in [5.41, 5.74) is 1.28. The molecule has 0 saturated heterocycles. The van der Waals surface area contributed by atoms with E-state index in [0.717, 1.165) is 18.3 Å². The first-order valence-corrected chi connectivity index (χ1v) is 4.54. The third-order valence-electron chi connectivity index (χ3n) is 2.61. The average molecular weight is 155 g/mol. The van der Waals surface area contributed by atoms with E-state index in [1.165, 1.54) is 12.1 Å². The minimum atomic E-state index is 0.781. The number of aliphatic imine (C=N–C) groups is 1. The highest BCUT2D eigenvalue weighted by molar-refractivity contribution is 5.81. The molecular formula is C10H21N. The summed E-state index contributed by atoms with van der Waals surface area (Å²) in [4.78, 5) is 4.16. The molecule has 66 valence electrons. The minimum Gasteiger partial charge on any atom is -0.298 e. The molecule has 1 nitrogen and oxygen atoms in total. The zero-order chi connectivity index (χ0) is 8.85. The van der Waals surface area contributed by atoms with Gasteiger partial charge in [0.2, 0.25) is 0 Å². The Morgan fingerprint density at radius 2 is 1.82 bits per heavy atom. The van der Waals surface area contributed by atoms with Gasteiger partial charge < -0.3 is 0 Å². The van der Waals surface area contributed by atoms with Crippen molar-refractivity contribution < 1.29 is 0 Å². The molecule has 0 saturated carbocycles. The van der Waals surface area contributed by atoms with Crippen LogP contribution in [-0.2, 0) is 0 Å². The molecule has 0 aromatic heterocycles. The zero-order valence-corrected chi connectivity index (χ0v) is 8.52. The molecule has 0 rings (SSSR count). The molecule has 0 aliphatic rings. The van der Waals surface area contributed by atoms with Gasteiger partial charge in [-0.3, -0.25) is 4.99 Å². The van der Waals surface area contributed by atoms with E-state index in [1.54, 1.807) is 0 Å². The van der Waals surface area contributed by atoms with E-state index in [1.807, 2.05) is 7.05 Å². The first-order valence-electron chi connectivity index (χ1n) is 4.54. The second-order valence-electron chi connectivity index (χ2n) is 3.53. The van der Waals surface area contributed by atoms with Crippen LogP contribution in [0.3, 0.4) is 0 Å². The molecule has 0 fully saturated rings. The average Bonchev–Trinajstić information content (AvgIpc) is 2.02. The summed E-state index contributed by atoms with van der Waals surface area (Å²) in [5.74, 6) is 1.61. The molecule has 1 heteroatoms. The monoisotopic (exact) mass is 155 g/mol. The smallest absolute Gasteiger partial charge is 0.0276 e. The lowest BCUT2D eigenvalue weighted by molar-refractivity contribution is 0.388. The zero-order valence-electron chi connectivity index (χ0n) is 8.52. The van der Waals surface area contributed by atoms with E-state index >= 15 is 0 Å². The molecule has 2 unspecified atom stereocenters. The molecule has 0 heterocycles. The number of hydrogen-bond donors (Lipinski definition) is 0. The molecule has 0 N–H and O–H groups in total. The van der Waals surface area contributed by atoms with Gasteiger partial charge in [0.1, 0.15) is 0 Å². The van der Waals surface area contributed by atoms with Crippen LogP contribution >= 0.6 is 0 Å². The molecule has 0 radical (unpaired) electrons. The van der Waals surface area contributed by atoms with Gasteiger partial charge in [0.25, 0.3) is 0 Å². The van der Waals surface area contributed by atoms with Crippen LogP contribution in [0, 0.1) is 11.8 Å². The molecule has 0 bridgehead atoms. The quantitative estimate of drug-likeness (QED) is 0.553. The summed E-state index contributed by atoms with van der Waals surface area (Å²) in [7, 11) is 1.87. The highest BCUT2D eigenvalue weighted by Gasteiger charge is 2.10. The molecule has 0 aromatic carbocycles. The molecule has 0 aliphatic carbocycles. The van der Waals surface area contributed by atoms with Crippen molar-refractivity contribution in [3.8, 4) is 0 Å². The third-order valence-corrected chi connectivity index (χ3v) is 2.61. The van der Waals surface area contributed by atoms with Gasteiger partial charge in [-0.15, -0.1) is 0 Å². The number of rotatable bonds is 4. The van der Waals surface area contributed by atoms with Crippen molar-refractivity contribution in [2.45, 2.75) is 40.5 Å².